The Morgan fingerprint density at radius 2 is 1.73 bits per heavy atom. The molecular weight excluding hydrogens is 188 g/mol. The molecule has 0 aromatic carbocycles. The summed E-state index contributed by atoms with van der Waals surface area (Å²) in [6, 6.07) is 0. The summed E-state index contributed by atoms with van der Waals surface area (Å²) >= 11 is 0. The molecule has 2 N–H and O–H groups in total. The highest BCUT2D eigenvalue weighted by Crippen LogP contribution is 1.96. The molecule has 0 aliphatic heterocycles. The van der Waals surface area contributed by atoms with Gasteiger partial charge in [0.05, 0.1) is 6.10 Å². The van der Waals surface area contributed by atoms with E-state index in [0.717, 1.165) is 32.7 Å². The van der Waals surface area contributed by atoms with Gasteiger partial charge in [0.1, 0.15) is 0 Å². The second-order valence-electron chi connectivity index (χ2n) is 5.20. The molecule has 92 valence electrons. The molecule has 0 fully saturated rings. The predicted molar refractivity (Wildman–Crippen MR) is 66.3 cm³/mol. The average molecular weight is 216 g/mol. The van der Waals surface area contributed by atoms with Crippen LogP contribution < -0.4 is 10.6 Å². The summed E-state index contributed by atoms with van der Waals surface area (Å²) in [5.41, 5.74) is 0.225. The minimum atomic E-state index is 0.225. The number of hydrogen-bond acceptors (Lipinski definition) is 3. The second kappa shape index (κ2) is 8.08. The first kappa shape index (κ1) is 14.9. The van der Waals surface area contributed by atoms with Gasteiger partial charge in [-0.1, -0.05) is 0 Å². The highest BCUT2D eigenvalue weighted by Gasteiger charge is 2.06. The van der Waals surface area contributed by atoms with Crippen LogP contribution in [-0.4, -0.2) is 37.9 Å². The van der Waals surface area contributed by atoms with Gasteiger partial charge in [0.15, 0.2) is 0 Å². The highest BCUT2D eigenvalue weighted by molar-refractivity contribution is 4.70. The van der Waals surface area contributed by atoms with Crippen molar-refractivity contribution < 1.29 is 4.74 Å². The van der Waals surface area contributed by atoms with E-state index in [-0.39, 0.29) is 5.54 Å². The van der Waals surface area contributed by atoms with Crippen LogP contribution in [0.3, 0.4) is 0 Å². The van der Waals surface area contributed by atoms with Crippen LogP contribution >= 0.6 is 0 Å². The van der Waals surface area contributed by atoms with Crippen LogP contribution in [0.2, 0.25) is 0 Å². The zero-order valence-corrected chi connectivity index (χ0v) is 11.0. The van der Waals surface area contributed by atoms with Crippen molar-refractivity contribution in [1.29, 1.82) is 0 Å². The van der Waals surface area contributed by atoms with Crippen molar-refractivity contribution in [3.63, 3.8) is 0 Å². The summed E-state index contributed by atoms with van der Waals surface area (Å²) in [5.74, 6) is 0. The maximum absolute atomic E-state index is 5.45. The minimum absolute atomic E-state index is 0.225. The number of nitrogens with one attached hydrogen (secondary N) is 2. The Hall–Kier alpha value is -0.120. The van der Waals surface area contributed by atoms with Gasteiger partial charge >= 0.3 is 0 Å². The smallest absolute Gasteiger partial charge is 0.0518 e. The Kier molecular flexibility index (Phi) is 8.02. The summed E-state index contributed by atoms with van der Waals surface area (Å²) in [4.78, 5) is 0. The van der Waals surface area contributed by atoms with Gasteiger partial charge in [0.25, 0.3) is 0 Å². The molecule has 0 aliphatic rings. The first-order valence-electron chi connectivity index (χ1n) is 5.99. The molecule has 0 spiro atoms. The molecule has 0 aromatic rings. The van der Waals surface area contributed by atoms with Crippen LogP contribution in [0, 0.1) is 0 Å². The molecule has 0 unspecified atom stereocenters. The number of rotatable bonds is 8. The lowest BCUT2D eigenvalue weighted by molar-refractivity contribution is 0.0771. The fraction of sp³-hybridized carbons (Fsp3) is 1.00. The van der Waals surface area contributed by atoms with Gasteiger partial charge in [-0.05, 0) is 47.6 Å². The lowest BCUT2D eigenvalue weighted by atomic mass is 10.1. The van der Waals surface area contributed by atoms with Crippen molar-refractivity contribution in [1.82, 2.24) is 10.6 Å². The molecule has 3 nitrogen and oxygen atoms in total. The van der Waals surface area contributed by atoms with Crippen LogP contribution in [0.25, 0.3) is 0 Å². The van der Waals surface area contributed by atoms with E-state index in [0.29, 0.717) is 6.10 Å². The van der Waals surface area contributed by atoms with E-state index in [9.17, 15) is 0 Å². The van der Waals surface area contributed by atoms with Crippen molar-refractivity contribution in [2.24, 2.45) is 0 Å². The Morgan fingerprint density at radius 1 is 1.07 bits per heavy atom. The van der Waals surface area contributed by atoms with Gasteiger partial charge in [-0.3, -0.25) is 0 Å². The molecule has 0 amide bonds. The normalized spacial score (nSPS) is 12.4. The molecule has 3 heteroatoms. The van der Waals surface area contributed by atoms with E-state index >= 15 is 0 Å². The van der Waals surface area contributed by atoms with Crippen LogP contribution in [0.5, 0.6) is 0 Å². The van der Waals surface area contributed by atoms with Crippen LogP contribution in [-0.2, 0) is 4.74 Å². The van der Waals surface area contributed by atoms with Crippen molar-refractivity contribution in [3.8, 4) is 0 Å². The van der Waals surface area contributed by atoms with E-state index < -0.39 is 0 Å². The summed E-state index contributed by atoms with van der Waals surface area (Å²) in [6.07, 6.45) is 1.45. The van der Waals surface area contributed by atoms with Crippen LogP contribution in [0.4, 0.5) is 0 Å². The third-order valence-corrected chi connectivity index (χ3v) is 1.91. The van der Waals surface area contributed by atoms with Gasteiger partial charge in [-0.2, -0.15) is 0 Å². The number of hydrogen-bond donors (Lipinski definition) is 2. The van der Waals surface area contributed by atoms with Gasteiger partial charge in [-0.25, -0.2) is 0 Å². The Bertz CT molecular complexity index is 141. The first-order valence-corrected chi connectivity index (χ1v) is 5.99. The molecule has 0 heterocycles. The first-order chi connectivity index (χ1) is 6.92. The van der Waals surface area contributed by atoms with Crippen molar-refractivity contribution in [2.75, 3.05) is 26.2 Å². The lowest BCUT2D eigenvalue weighted by Gasteiger charge is -2.20. The summed E-state index contributed by atoms with van der Waals surface area (Å²) in [6.45, 7) is 14.6. The SMILES string of the molecule is CC(C)OCCCNCCNC(C)(C)C. The molecule has 15 heavy (non-hydrogen) atoms. The Labute approximate surface area is 95.0 Å². The predicted octanol–water partition coefficient (Wildman–Crippen LogP) is 1.78. The topological polar surface area (TPSA) is 33.3 Å². The fourth-order valence-electron chi connectivity index (χ4n) is 1.17. The average Bonchev–Trinajstić information content (AvgIpc) is 2.07. The molecule has 0 aliphatic carbocycles. The van der Waals surface area contributed by atoms with E-state index in [2.05, 4.69) is 45.3 Å². The Morgan fingerprint density at radius 3 is 2.27 bits per heavy atom. The number of ether oxygens (including phenoxy) is 1. The van der Waals surface area contributed by atoms with Gasteiger partial charge in [0.2, 0.25) is 0 Å². The summed E-state index contributed by atoms with van der Waals surface area (Å²) in [7, 11) is 0. The van der Waals surface area contributed by atoms with Crippen molar-refractivity contribution in [2.45, 2.75) is 52.7 Å². The molecular formula is C12H28N2O. The monoisotopic (exact) mass is 216 g/mol. The quantitative estimate of drug-likeness (QED) is 0.607. The molecule has 0 aromatic heterocycles. The zero-order chi connectivity index (χ0) is 11.7. The highest BCUT2D eigenvalue weighted by atomic mass is 16.5. The van der Waals surface area contributed by atoms with Gasteiger partial charge in [-0.15, -0.1) is 0 Å². The molecule has 0 rings (SSSR count). The summed E-state index contributed by atoms with van der Waals surface area (Å²) in [5, 5.41) is 6.83. The Balaban J connectivity index is 3.06. The minimum Gasteiger partial charge on any atom is -0.379 e. The lowest BCUT2D eigenvalue weighted by Crippen LogP contribution is -2.40. The van der Waals surface area contributed by atoms with Crippen molar-refractivity contribution >= 4 is 0 Å². The second-order valence-corrected chi connectivity index (χ2v) is 5.20. The standard InChI is InChI=1S/C12H28N2O/c1-11(2)15-10-6-7-13-8-9-14-12(3,4)5/h11,13-14H,6-10H2,1-5H3. The van der Waals surface area contributed by atoms with Gasteiger partial charge in [0, 0.05) is 25.2 Å². The maximum atomic E-state index is 5.45. The molecule has 0 saturated heterocycles. The third-order valence-electron chi connectivity index (χ3n) is 1.91. The molecule has 0 atom stereocenters. The molecule has 0 bridgehead atoms. The van der Waals surface area contributed by atoms with Crippen molar-refractivity contribution in [3.05, 3.63) is 0 Å². The van der Waals surface area contributed by atoms with Gasteiger partial charge < -0.3 is 15.4 Å². The van der Waals surface area contributed by atoms with Crippen LogP contribution in [0.15, 0.2) is 0 Å². The molecule has 0 saturated carbocycles. The van der Waals surface area contributed by atoms with E-state index in [1.54, 1.807) is 0 Å². The maximum Gasteiger partial charge on any atom is 0.0518 e. The third kappa shape index (κ3) is 13.9. The van der Waals surface area contributed by atoms with E-state index in [1.807, 2.05) is 0 Å². The van der Waals surface area contributed by atoms with E-state index in [1.165, 1.54) is 0 Å². The zero-order valence-electron chi connectivity index (χ0n) is 11.0. The van der Waals surface area contributed by atoms with Crippen LogP contribution in [0.1, 0.15) is 41.0 Å². The van der Waals surface area contributed by atoms with E-state index in [4.69, 9.17) is 4.74 Å². The fourth-order valence-corrected chi connectivity index (χ4v) is 1.17. The molecule has 0 radical (unpaired) electrons. The summed E-state index contributed by atoms with van der Waals surface area (Å²) < 4.78 is 5.45. The largest absolute Gasteiger partial charge is 0.379 e.